The van der Waals surface area contributed by atoms with Crippen molar-refractivity contribution in [3.63, 3.8) is 0 Å². The average Bonchev–Trinajstić information content (AvgIpc) is 0.748. The van der Waals surface area contributed by atoms with E-state index in [1.165, 1.54) is 48.5 Å². The van der Waals surface area contributed by atoms with E-state index in [0.29, 0.717) is 203 Å². The fraction of sp³-hybridized carbons (Fsp3) is 0.364. The van der Waals surface area contributed by atoms with Gasteiger partial charge in [-0.3, -0.25) is 38.4 Å². The fourth-order valence-electron chi connectivity index (χ4n) is 14.6. The van der Waals surface area contributed by atoms with Crippen molar-refractivity contribution in [1.29, 1.82) is 0 Å². The molecule has 0 saturated heterocycles. The standard InChI is InChI=1S/4C22H28N4O6.2ClH/c4*27-11-9-23-5-7-25-13-1-2-14(26-8-6-24-10-12-28)18-17(13)21(31)19-15(29)3-4-16(30)20(19)22(18)32;;/h4*1-4,23-30H,5-12H2;2*1H. The number of fused-ring (bicyclic) bond motifs is 8. The van der Waals surface area contributed by atoms with Crippen molar-refractivity contribution in [1.82, 2.24) is 42.5 Å². The first kappa shape index (κ1) is 105. The molecule has 0 heterocycles. The molecule has 0 aliphatic heterocycles. The Bertz CT molecular complexity index is 4330. The van der Waals surface area contributed by atoms with Gasteiger partial charge in [0.2, 0.25) is 46.3 Å². The second-order valence-electron chi connectivity index (χ2n) is 28.9. The van der Waals surface area contributed by atoms with E-state index in [1.54, 1.807) is 48.5 Å². The Morgan fingerprint density at radius 3 is 0.346 bits per heavy atom. The van der Waals surface area contributed by atoms with Gasteiger partial charge >= 0.3 is 2.85 Å². The number of carbonyl (C=O) groups is 8. The van der Waals surface area contributed by atoms with Crippen molar-refractivity contribution in [3.05, 3.63) is 186 Å². The topological polar surface area (TPSA) is 653 Å². The van der Waals surface area contributed by atoms with Gasteiger partial charge in [0, 0.05) is 203 Å². The number of hydrogen-bond donors (Lipinski definition) is 32. The van der Waals surface area contributed by atoms with Crippen LogP contribution in [0.5, 0.6) is 46.0 Å². The molecule has 0 atom stereocenters. The Morgan fingerprint density at radius 2 is 0.254 bits per heavy atom. The molecule has 4 aliphatic rings. The highest BCUT2D eigenvalue weighted by Crippen LogP contribution is 2.48. The minimum Gasteiger partial charge on any atom is -1.00 e. The van der Waals surface area contributed by atoms with Gasteiger partial charge in [-0.1, -0.05) is 0 Å². The molecule has 0 aromatic heterocycles. The van der Waals surface area contributed by atoms with E-state index in [-0.39, 0.29) is 216 Å². The lowest BCUT2D eigenvalue weighted by molar-refractivity contribution is -0.001000. The number of carbonyl (C=O) groups excluding carboxylic acids is 8. The van der Waals surface area contributed by atoms with Gasteiger partial charge < -0.3 is 192 Å². The zero-order valence-electron chi connectivity index (χ0n) is 73.0. The highest BCUT2D eigenvalue weighted by atomic mass is 35.5. The Labute approximate surface area is 762 Å². The van der Waals surface area contributed by atoms with Gasteiger partial charge in [-0.25, -0.2) is 0 Å². The van der Waals surface area contributed by atoms with E-state index in [4.69, 9.17) is 40.9 Å². The Morgan fingerprint density at radius 1 is 0.154 bits per heavy atom. The van der Waals surface area contributed by atoms with Gasteiger partial charge in [-0.2, -0.15) is 0 Å². The van der Waals surface area contributed by atoms with Gasteiger partial charge in [0.15, 0.2) is 0 Å². The first-order valence-electron chi connectivity index (χ1n) is 41.7. The molecule has 0 radical (unpaired) electrons. The third-order valence-corrected chi connectivity index (χ3v) is 20.3. The van der Waals surface area contributed by atoms with E-state index >= 15 is 0 Å². The number of phenols is 8. The maximum absolute atomic E-state index is 13.4. The van der Waals surface area contributed by atoms with Crippen molar-refractivity contribution in [2.24, 2.45) is 0 Å². The summed E-state index contributed by atoms with van der Waals surface area (Å²) in [5.41, 5.74) is 2.71. The molecule has 0 amide bonds. The van der Waals surface area contributed by atoms with Gasteiger partial charge in [0.05, 0.1) is 142 Å². The summed E-state index contributed by atoms with van der Waals surface area (Å²) >= 11 is 0. The highest BCUT2D eigenvalue weighted by molar-refractivity contribution is 6.37. The zero-order chi connectivity index (χ0) is 92.3. The van der Waals surface area contributed by atoms with Crippen molar-refractivity contribution < 1.29 is 148 Å². The normalized spacial score (nSPS) is 12.2. The molecular formula is C88H114Cl2N16O24. The van der Waals surface area contributed by atoms with Crippen LogP contribution in [0.15, 0.2) is 97.1 Å². The smallest absolute Gasteiger partial charge is 1.00 e. The number of aromatic hydroxyl groups is 8. The molecule has 32 N–H and O–H groups in total. The molecule has 704 valence electrons. The van der Waals surface area contributed by atoms with Crippen LogP contribution in [0.4, 0.5) is 45.5 Å². The predicted octanol–water partition coefficient (Wildman–Crippen LogP) is -6.32. The molecule has 0 fully saturated rings. The average molecular weight is 1850 g/mol. The summed E-state index contributed by atoms with van der Waals surface area (Å²) < 4.78 is 0. The van der Waals surface area contributed by atoms with Crippen LogP contribution in [-0.4, -0.2) is 338 Å². The minimum absolute atomic E-state index is 0. The lowest BCUT2D eigenvalue weighted by atomic mass is 9.81. The third kappa shape index (κ3) is 25.7. The lowest BCUT2D eigenvalue weighted by Crippen LogP contribution is -3.00. The first-order chi connectivity index (χ1) is 62.0. The van der Waals surface area contributed by atoms with E-state index in [9.17, 15) is 79.2 Å². The number of phenolic OH excluding ortho intramolecular Hbond substituents is 8. The zero-order valence-corrected chi connectivity index (χ0v) is 72.6. The second kappa shape index (κ2) is 53.1. The Hall–Kier alpha value is -12.1. The van der Waals surface area contributed by atoms with Crippen molar-refractivity contribution in [2.75, 3.05) is 252 Å². The molecule has 0 bridgehead atoms. The summed E-state index contributed by atoms with van der Waals surface area (Å²) in [4.78, 5) is 107. The number of anilines is 8. The number of hydrogen-bond acceptors (Lipinski definition) is 40. The van der Waals surface area contributed by atoms with E-state index in [0.717, 1.165) is 0 Å². The summed E-state index contributed by atoms with van der Waals surface area (Å²) in [5, 5.41) is 202. The van der Waals surface area contributed by atoms with Gasteiger partial charge in [0.25, 0.3) is 0 Å². The second-order valence-corrected chi connectivity index (χ2v) is 28.9. The van der Waals surface area contributed by atoms with Crippen molar-refractivity contribution in [3.8, 4) is 46.0 Å². The molecule has 12 rings (SSSR count). The number of rotatable bonds is 48. The van der Waals surface area contributed by atoms with Crippen LogP contribution in [-0.2, 0) is 0 Å². The minimum atomic E-state index is -0.559. The summed E-state index contributed by atoms with van der Waals surface area (Å²) in [6, 6.07) is 23.0. The number of ketones is 8. The molecule has 130 heavy (non-hydrogen) atoms. The third-order valence-electron chi connectivity index (χ3n) is 20.3. The number of nitrogens with one attached hydrogen (secondary N) is 16. The maximum Gasteiger partial charge on any atom is 1.00 e. The molecule has 40 nitrogen and oxygen atoms in total. The summed E-state index contributed by atoms with van der Waals surface area (Å²) in [6.07, 6.45) is 0. The number of benzene rings is 8. The molecule has 0 saturated carbocycles. The quantitative estimate of drug-likeness (QED) is 0.0125. The highest BCUT2D eigenvalue weighted by Gasteiger charge is 2.43. The molecule has 8 aromatic rings. The molecule has 0 spiro atoms. The van der Waals surface area contributed by atoms with Crippen molar-refractivity contribution >= 4 is 91.8 Å². The Kier molecular flexibility index (Phi) is 42.9. The van der Waals surface area contributed by atoms with Crippen LogP contribution < -0.4 is 110 Å². The number of aliphatic hydroxyl groups excluding tert-OH is 8. The summed E-state index contributed by atoms with van der Waals surface area (Å²) in [6.45, 7) is 11.2. The van der Waals surface area contributed by atoms with E-state index < -0.39 is 46.3 Å². The maximum atomic E-state index is 13.4. The largest absolute Gasteiger partial charge is 1.00 e. The predicted molar refractivity (Wildman–Crippen MR) is 482 cm³/mol. The molecule has 4 aliphatic carbocycles. The molecule has 0 unspecified atom stereocenters. The fourth-order valence-corrected chi connectivity index (χ4v) is 14.6. The van der Waals surface area contributed by atoms with Crippen LogP contribution in [0.1, 0.15) is 130 Å². The van der Waals surface area contributed by atoms with Crippen LogP contribution in [0.25, 0.3) is 0 Å². The number of halogens is 2. The van der Waals surface area contributed by atoms with Gasteiger partial charge in [-0.05, 0) is 97.1 Å². The molecular weight excluding hydrogens is 1740 g/mol. The van der Waals surface area contributed by atoms with E-state index in [2.05, 4.69) is 85.1 Å². The van der Waals surface area contributed by atoms with Gasteiger partial charge in [0.1, 0.15) is 46.0 Å². The van der Waals surface area contributed by atoms with Crippen LogP contribution in [0, 0.1) is 0 Å². The lowest BCUT2D eigenvalue weighted by Gasteiger charge is -2.25. The summed E-state index contributed by atoms with van der Waals surface area (Å²) in [7, 11) is 0. The van der Waals surface area contributed by atoms with Crippen molar-refractivity contribution in [2.45, 2.75) is 0 Å². The molecule has 42 heteroatoms. The Balaban J connectivity index is 0.000000308. The van der Waals surface area contributed by atoms with Crippen LogP contribution in [0.3, 0.4) is 0 Å². The first-order valence-corrected chi connectivity index (χ1v) is 41.7. The summed E-state index contributed by atoms with van der Waals surface area (Å²) in [5.74, 6) is -7.45. The van der Waals surface area contributed by atoms with Crippen LogP contribution >= 0.6 is 0 Å². The molecule has 8 aromatic carbocycles. The van der Waals surface area contributed by atoms with E-state index in [1.807, 2.05) is 0 Å². The number of aliphatic hydroxyl groups is 8. The SMILES string of the molecule is O=C1c2c(O)ccc(O)c2C(=O)c2c(NCCNCCO)ccc(NCCNCCO)c21.O=C1c2c(O)ccc(O)c2C(=O)c2c(NCCNCCO)ccc(NCCNCCO)c21.O=C1c2c(O)ccc(O)c2C(=O)c2c(NCCNCCO)ccc(NCCNCCO)c21.O=C1c2c(O)ccc(O)c2C(=O)c2c(NCCNCCO)ccc(NCCNCCO)c21.[Cl-].[Cl-].[H+].[H+]. The van der Waals surface area contributed by atoms with Gasteiger partial charge in [-0.15, -0.1) is 0 Å². The monoisotopic (exact) mass is 1850 g/mol. The van der Waals surface area contributed by atoms with Crippen LogP contribution in [0.2, 0.25) is 0 Å².